The van der Waals surface area contributed by atoms with Crippen LogP contribution in [0.5, 0.6) is 0 Å². The molecule has 2 aromatic rings. The Morgan fingerprint density at radius 1 is 1.24 bits per heavy atom. The molecular weight excluding hydrogens is 258 g/mol. The van der Waals surface area contributed by atoms with Gasteiger partial charge in [-0.15, -0.1) is 0 Å². The minimum absolute atomic E-state index is 0.202. The molecule has 1 saturated heterocycles. The second-order valence-electron chi connectivity index (χ2n) is 6.76. The number of aromatic nitrogens is 2. The van der Waals surface area contributed by atoms with E-state index in [0.717, 1.165) is 13.1 Å². The molecule has 1 fully saturated rings. The van der Waals surface area contributed by atoms with Crippen LogP contribution in [-0.2, 0) is 18.3 Å². The molecule has 0 saturated carbocycles. The van der Waals surface area contributed by atoms with Crippen molar-refractivity contribution in [2.24, 2.45) is 0 Å². The molecule has 4 rings (SSSR count). The van der Waals surface area contributed by atoms with Gasteiger partial charge in [-0.3, -0.25) is 0 Å². The first kappa shape index (κ1) is 13.1. The number of hydrogen-bond donors (Lipinski definition) is 1. The Bertz CT molecular complexity index is 650. The van der Waals surface area contributed by atoms with Gasteiger partial charge in [-0.2, -0.15) is 0 Å². The number of imidazole rings is 1. The van der Waals surface area contributed by atoms with E-state index in [-0.39, 0.29) is 5.41 Å². The lowest BCUT2D eigenvalue weighted by molar-refractivity contribution is 0.498. The lowest BCUT2D eigenvalue weighted by Crippen LogP contribution is -2.28. The van der Waals surface area contributed by atoms with Crippen LogP contribution in [0.2, 0.25) is 0 Å². The van der Waals surface area contributed by atoms with Gasteiger partial charge in [0.05, 0.1) is 12.0 Å². The van der Waals surface area contributed by atoms with Gasteiger partial charge in [-0.1, -0.05) is 19.1 Å². The lowest BCUT2D eigenvalue weighted by atomic mass is 9.85. The van der Waals surface area contributed by atoms with Gasteiger partial charge in [0.15, 0.2) is 0 Å². The summed E-state index contributed by atoms with van der Waals surface area (Å²) in [6.45, 7) is 4.51. The molecule has 0 bridgehead atoms. The zero-order chi connectivity index (χ0) is 14.3. The van der Waals surface area contributed by atoms with Gasteiger partial charge >= 0.3 is 0 Å². The monoisotopic (exact) mass is 281 g/mol. The quantitative estimate of drug-likeness (QED) is 0.917. The zero-order valence-electron chi connectivity index (χ0n) is 12.7. The zero-order valence-corrected chi connectivity index (χ0v) is 12.7. The predicted octanol–water partition coefficient (Wildman–Crippen LogP) is 3.00. The molecule has 0 radical (unpaired) electrons. The number of fused-ring (bicyclic) bond motifs is 1. The summed E-state index contributed by atoms with van der Waals surface area (Å²) in [5.41, 5.74) is 5.98. The number of nitrogens with one attached hydrogen (secondary N) is 1. The summed E-state index contributed by atoms with van der Waals surface area (Å²) in [6, 6.07) is 6.77. The normalized spacial score (nSPS) is 25.0. The molecule has 1 aromatic carbocycles. The molecule has 2 heterocycles. The molecule has 3 nitrogen and oxygen atoms in total. The number of nitrogens with zero attached hydrogens (tertiary/aromatic N) is 2. The Balaban J connectivity index is 1.83. The van der Waals surface area contributed by atoms with Gasteiger partial charge in [-0.05, 0) is 55.8 Å². The van der Waals surface area contributed by atoms with E-state index in [9.17, 15) is 0 Å². The highest BCUT2D eigenvalue weighted by molar-refractivity contribution is 5.49. The van der Waals surface area contributed by atoms with Crippen LogP contribution in [0.15, 0.2) is 30.7 Å². The van der Waals surface area contributed by atoms with Gasteiger partial charge in [0.1, 0.15) is 0 Å². The van der Waals surface area contributed by atoms with Crippen molar-refractivity contribution in [3.63, 3.8) is 0 Å². The SMILES string of the molecule is CC1(c2cncn2-c2cccc3c2CCCC3)CCNC1. The number of hydrogen-bond acceptors (Lipinski definition) is 2. The molecule has 1 aliphatic carbocycles. The van der Waals surface area contributed by atoms with Crippen LogP contribution < -0.4 is 5.32 Å². The molecule has 21 heavy (non-hydrogen) atoms. The van der Waals surface area contributed by atoms with Crippen LogP contribution in [0, 0.1) is 0 Å². The van der Waals surface area contributed by atoms with Crippen LogP contribution in [0.1, 0.15) is 43.0 Å². The van der Waals surface area contributed by atoms with E-state index in [2.05, 4.69) is 46.2 Å². The van der Waals surface area contributed by atoms with Crippen LogP contribution in [0.25, 0.3) is 5.69 Å². The molecule has 3 heteroatoms. The predicted molar refractivity (Wildman–Crippen MR) is 85.0 cm³/mol. The summed E-state index contributed by atoms with van der Waals surface area (Å²) in [4.78, 5) is 4.47. The molecule has 1 atom stereocenters. The van der Waals surface area contributed by atoms with Crippen LogP contribution in [0.4, 0.5) is 0 Å². The Labute approximate surface area is 126 Å². The fraction of sp³-hybridized carbons (Fsp3) is 0.500. The summed E-state index contributed by atoms with van der Waals surface area (Å²) >= 11 is 0. The summed E-state index contributed by atoms with van der Waals surface area (Å²) in [7, 11) is 0. The Morgan fingerprint density at radius 3 is 3.00 bits per heavy atom. The largest absolute Gasteiger partial charge is 0.316 e. The number of aryl methyl sites for hydroxylation is 1. The van der Waals surface area contributed by atoms with E-state index in [1.165, 1.54) is 54.6 Å². The second-order valence-corrected chi connectivity index (χ2v) is 6.76. The van der Waals surface area contributed by atoms with Crippen molar-refractivity contribution in [2.45, 2.75) is 44.4 Å². The number of benzene rings is 1. The van der Waals surface area contributed by atoms with Gasteiger partial charge < -0.3 is 9.88 Å². The van der Waals surface area contributed by atoms with E-state index in [1.807, 2.05) is 6.33 Å². The molecule has 1 unspecified atom stereocenters. The summed E-state index contributed by atoms with van der Waals surface area (Å²) in [5.74, 6) is 0. The molecule has 0 spiro atoms. The van der Waals surface area contributed by atoms with Gasteiger partial charge in [0.2, 0.25) is 0 Å². The molecule has 1 N–H and O–H groups in total. The molecule has 1 aromatic heterocycles. The summed E-state index contributed by atoms with van der Waals surface area (Å²) in [5, 5.41) is 3.50. The van der Waals surface area contributed by atoms with Crippen molar-refractivity contribution in [1.29, 1.82) is 0 Å². The maximum Gasteiger partial charge on any atom is 0.0994 e. The van der Waals surface area contributed by atoms with Crippen LogP contribution in [0.3, 0.4) is 0 Å². The summed E-state index contributed by atoms with van der Waals surface area (Å²) in [6.07, 6.45) is 10.3. The lowest BCUT2D eigenvalue weighted by Gasteiger charge is -2.27. The Kier molecular flexibility index (Phi) is 3.11. The van der Waals surface area contributed by atoms with Crippen molar-refractivity contribution >= 4 is 0 Å². The van der Waals surface area contributed by atoms with Gasteiger partial charge in [0.25, 0.3) is 0 Å². The fourth-order valence-electron chi connectivity index (χ4n) is 3.96. The molecular formula is C18H23N3. The molecule has 2 aliphatic rings. The van der Waals surface area contributed by atoms with Crippen molar-refractivity contribution in [3.05, 3.63) is 47.5 Å². The maximum atomic E-state index is 4.47. The standard InChI is InChI=1S/C18H23N3/c1-18(9-10-19-12-18)17-11-20-13-21(17)16-8-4-6-14-5-2-3-7-15(14)16/h4,6,8,11,13,19H,2-3,5,7,9-10,12H2,1H3. The van der Waals surface area contributed by atoms with Crippen molar-refractivity contribution in [2.75, 3.05) is 13.1 Å². The smallest absolute Gasteiger partial charge is 0.0994 e. The maximum absolute atomic E-state index is 4.47. The Hall–Kier alpha value is -1.61. The fourth-order valence-corrected chi connectivity index (χ4v) is 3.96. The minimum atomic E-state index is 0.202. The highest BCUT2D eigenvalue weighted by Crippen LogP contribution is 2.34. The highest BCUT2D eigenvalue weighted by Gasteiger charge is 2.34. The minimum Gasteiger partial charge on any atom is -0.316 e. The topological polar surface area (TPSA) is 29.9 Å². The first-order valence-electron chi connectivity index (χ1n) is 8.13. The molecule has 1 aliphatic heterocycles. The van der Waals surface area contributed by atoms with E-state index in [1.54, 1.807) is 0 Å². The van der Waals surface area contributed by atoms with Crippen LogP contribution in [-0.4, -0.2) is 22.6 Å². The average molecular weight is 281 g/mol. The summed E-state index contributed by atoms with van der Waals surface area (Å²) < 4.78 is 2.34. The Morgan fingerprint density at radius 2 is 2.14 bits per heavy atom. The van der Waals surface area contributed by atoms with Gasteiger partial charge in [-0.25, -0.2) is 4.98 Å². The van der Waals surface area contributed by atoms with Crippen molar-refractivity contribution in [1.82, 2.24) is 14.9 Å². The number of rotatable bonds is 2. The van der Waals surface area contributed by atoms with Gasteiger partial charge in [0, 0.05) is 23.9 Å². The van der Waals surface area contributed by atoms with Crippen molar-refractivity contribution in [3.8, 4) is 5.69 Å². The second kappa shape index (κ2) is 4.99. The van der Waals surface area contributed by atoms with E-state index in [4.69, 9.17) is 0 Å². The third-order valence-electron chi connectivity index (χ3n) is 5.26. The first-order valence-corrected chi connectivity index (χ1v) is 8.13. The third kappa shape index (κ3) is 2.11. The van der Waals surface area contributed by atoms with Crippen LogP contribution >= 0.6 is 0 Å². The highest BCUT2D eigenvalue weighted by atomic mass is 15.1. The third-order valence-corrected chi connectivity index (χ3v) is 5.26. The average Bonchev–Trinajstić information content (AvgIpc) is 3.16. The van der Waals surface area contributed by atoms with E-state index < -0.39 is 0 Å². The molecule has 0 amide bonds. The first-order chi connectivity index (χ1) is 10.3. The van der Waals surface area contributed by atoms with E-state index >= 15 is 0 Å². The van der Waals surface area contributed by atoms with E-state index in [0.29, 0.717) is 0 Å². The van der Waals surface area contributed by atoms with Crippen molar-refractivity contribution < 1.29 is 0 Å². The molecule has 110 valence electrons.